The van der Waals surface area contributed by atoms with Crippen LogP contribution in [0.25, 0.3) is 55.8 Å². The lowest BCUT2D eigenvalue weighted by molar-refractivity contribution is -0.116. The zero-order valence-electron chi connectivity index (χ0n) is 20.6. The highest BCUT2D eigenvalue weighted by Gasteiger charge is 2.18. The quantitative estimate of drug-likeness (QED) is 0.229. The second-order valence-corrected chi connectivity index (χ2v) is 9.07. The molecule has 0 fully saturated rings. The van der Waals surface area contributed by atoms with Crippen molar-refractivity contribution in [3.63, 3.8) is 0 Å². The van der Waals surface area contributed by atoms with Gasteiger partial charge in [0, 0.05) is 35.3 Å². The number of nitrogens with zero attached hydrogens (tertiary/aromatic N) is 4. The number of halogens is 1. The Hall–Kier alpha value is -4.92. The first-order valence-electron chi connectivity index (χ1n) is 12.4. The van der Waals surface area contributed by atoms with Gasteiger partial charge in [-0.15, -0.1) is 0 Å². The monoisotopic (exact) mass is 505 g/mol. The van der Waals surface area contributed by atoms with Crippen LogP contribution in [0.15, 0.2) is 73.2 Å². The normalized spacial score (nSPS) is 11.3. The van der Waals surface area contributed by atoms with Gasteiger partial charge in [0.15, 0.2) is 5.82 Å². The molecule has 0 aliphatic heterocycles. The van der Waals surface area contributed by atoms with E-state index < -0.39 is 0 Å². The fourth-order valence-electron chi connectivity index (χ4n) is 4.50. The first kappa shape index (κ1) is 23.5. The number of unbranched alkanes of at least 4 members (excludes halogenated alkanes) is 1. The Kier molecular flexibility index (Phi) is 6.09. The molecule has 188 valence electrons. The number of rotatable bonds is 7. The molecule has 38 heavy (non-hydrogen) atoms. The van der Waals surface area contributed by atoms with Crippen LogP contribution in [0.4, 0.5) is 10.1 Å². The summed E-state index contributed by atoms with van der Waals surface area (Å²) >= 11 is 0. The summed E-state index contributed by atoms with van der Waals surface area (Å²) in [4.78, 5) is 29.0. The maximum Gasteiger partial charge on any atom is 0.224 e. The van der Waals surface area contributed by atoms with Crippen molar-refractivity contribution in [3.8, 4) is 33.9 Å². The number of hydrogen-bond acceptors (Lipinski definition) is 5. The van der Waals surface area contributed by atoms with Crippen LogP contribution >= 0.6 is 0 Å². The number of amides is 1. The molecule has 0 aliphatic rings. The third-order valence-electron chi connectivity index (χ3n) is 6.43. The molecule has 0 saturated heterocycles. The molecule has 0 unspecified atom stereocenters. The Bertz CT molecular complexity index is 1790. The highest BCUT2D eigenvalue weighted by atomic mass is 19.1. The topological polar surface area (TPSA) is 112 Å². The van der Waals surface area contributed by atoms with E-state index >= 15 is 0 Å². The summed E-state index contributed by atoms with van der Waals surface area (Å²) in [7, 11) is 0. The fourth-order valence-corrected chi connectivity index (χ4v) is 4.50. The van der Waals surface area contributed by atoms with E-state index in [0.717, 1.165) is 40.4 Å². The smallest absolute Gasteiger partial charge is 0.224 e. The van der Waals surface area contributed by atoms with Gasteiger partial charge in [0.05, 0.1) is 22.9 Å². The van der Waals surface area contributed by atoms with Gasteiger partial charge in [-0.1, -0.05) is 31.5 Å². The van der Waals surface area contributed by atoms with Gasteiger partial charge in [0.2, 0.25) is 5.91 Å². The maximum absolute atomic E-state index is 14.5. The lowest BCUT2D eigenvalue weighted by Gasteiger charge is -2.07. The molecule has 1 amide bonds. The lowest BCUT2D eigenvalue weighted by Crippen LogP contribution is -2.11. The molecule has 0 saturated carbocycles. The van der Waals surface area contributed by atoms with Crippen LogP contribution in [-0.4, -0.2) is 36.0 Å². The molecule has 4 heterocycles. The van der Waals surface area contributed by atoms with Crippen molar-refractivity contribution in [3.05, 3.63) is 79.0 Å². The SMILES string of the molecule is CCCCC(=O)Nc1cncc(-c2ccc3[nH]nc(-c4nc5c(-c6ccccc6F)nccc5[nH]4)c3c2)c1. The van der Waals surface area contributed by atoms with Crippen LogP contribution < -0.4 is 5.32 Å². The van der Waals surface area contributed by atoms with E-state index in [1.165, 1.54) is 6.07 Å². The zero-order chi connectivity index (χ0) is 26.1. The van der Waals surface area contributed by atoms with E-state index in [2.05, 4.69) is 37.4 Å². The Morgan fingerprint density at radius 3 is 2.76 bits per heavy atom. The van der Waals surface area contributed by atoms with Crippen molar-refractivity contribution in [1.29, 1.82) is 0 Å². The highest BCUT2D eigenvalue weighted by molar-refractivity contribution is 5.98. The molecule has 2 aromatic carbocycles. The molecule has 0 radical (unpaired) electrons. The van der Waals surface area contributed by atoms with Crippen molar-refractivity contribution < 1.29 is 9.18 Å². The van der Waals surface area contributed by atoms with E-state index in [0.29, 0.717) is 40.4 Å². The summed E-state index contributed by atoms with van der Waals surface area (Å²) in [5, 5.41) is 11.4. The Morgan fingerprint density at radius 2 is 1.89 bits per heavy atom. The van der Waals surface area contributed by atoms with Gasteiger partial charge in [0.1, 0.15) is 22.7 Å². The number of carbonyl (C=O) groups excluding carboxylic acids is 1. The number of aromatic amines is 2. The van der Waals surface area contributed by atoms with Crippen molar-refractivity contribution in [2.45, 2.75) is 26.2 Å². The molecule has 0 spiro atoms. The molecule has 6 rings (SSSR count). The van der Waals surface area contributed by atoms with E-state index in [1.807, 2.05) is 30.3 Å². The molecule has 0 atom stereocenters. The van der Waals surface area contributed by atoms with Gasteiger partial charge in [-0.05, 0) is 48.4 Å². The predicted molar refractivity (Wildman–Crippen MR) is 146 cm³/mol. The maximum atomic E-state index is 14.5. The van der Waals surface area contributed by atoms with Gasteiger partial charge in [-0.2, -0.15) is 5.10 Å². The number of carbonyl (C=O) groups is 1. The van der Waals surface area contributed by atoms with E-state index in [-0.39, 0.29) is 11.7 Å². The van der Waals surface area contributed by atoms with Crippen molar-refractivity contribution in [2.24, 2.45) is 0 Å². The summed E-state index contributed by atoms with van der Waals surface area (Å²) in [6, 6.07) is 16.2. The Balaban J connectivity index is 1.38. The van der Waals surface area contributed by atoms with Gasteiger partial charge in [0.25, 0.3) is 0 Å². The van der Waals surface area contributed by atoms with Crippen LogP contribution in [0.2, 0.25) is 0 Å². The van der Waals surface area contributed by atoms with E-state index in [9.17, 15) is 9.18 Å². The summed E-state index contributed by atoms with van der Waals surface area (Å²) in [5.41, 5.74) is 6.06. The third kappa shape index (κ3) is 4.39. The van der Waals surface area contributed by atoms with Crippen LogP contribution in [-0.2, 0) is 4.79 Å². The number of H-pyrrole nitrogens is 2. The second-order valence-electron chi connectivity index (χ2n) is 9.07. The average Bonchev–Trinajstić information content (AvgIpc) is 3.56. The number of imidazole rings is 1. The van der Waals surface area contributed by atoms with Crippen LogP contribution in [0.5, 0.6) is 0 Å². The number of hydrogen-bond donors (Lipinski definition) is 3. The standard InChI is InChI=1S/C29H24FN7O/c1-2-3-8-25(38)33-19-13-18(15-31-16-19)17-9-10-23-21(14-17)27(37-36-23)29-34-24-11-12-32-26(28(24)35-29)20-6-4-5-7-22(20)30/h4-7,9-16H,2-3,8H2,1H3,(H,33,38)(H,34,35)(H,36,37). The fraction of sp³-hybridized carbons (Fsp3) is 0.138. The van der Waals surface area contributed by atoms with Crippen LogP contribution in [0, 0.1) is 5.82 Å². The second kappa shape index (κ2) is 9.85. The molecular weight excluding hydrogens is 481 g/mol. The van der Waals surface area contributed by atoms with Crippen LogP contribution in [0.3, 0.4) is 0 Å². The zero-order valence-corrected chi connectivity index (χ0v) is 20.6. The lowest BCUT2D eigenvalue weighted by atomic mass is 10.0. The summed E-state index contributed by atoms with van der Waals surface area (Å²) in [5.74, 6) is 0.167. The number of benzene rings is 2. The summed E-state index contributed by atoms with van der Waals surface area (Å²) < 4.78 is 14.5. The largest absolute Gasteiger partial charge is 0.336 e. The molecule has 0 aliphatic carbocycles. The number of aromatic nitrogens is 6. The number of anilines is 1. The average molecular weight is 506 g/mol. The Labute approximate surface area is 217 Å². The minimum Gasteiger partial charge on any atom is -0.336 e. The number of nitrogens with one attached hydrogen (secondary N) is 3. The van der Waals surface area contributed by atoms with Crippen molar-refractivity contribution in [1.82, 2.24) is 30.1 Å². The minimum atomic E-state index is -0.357. The number of pyridine rings is 2. The first-order valence-corrected chi connectivity index (χ1v) is 12.4. The van der Waals surface area contributed by atoms with Crippen molar-refractivity contribution >= 4 is 33.5 Å². The molecular formula is C29H24FN7O. The molecule has 9 heteroatoms. The highest BCUT2D eigenvalue weighted by Crippen LogP contribution is 2.33. The first-order chi connectivity index (χ1) is 18.6. The Morgan fingerprint density at radius 1 is 1.00 bits per heavy atom. The minimum absolute atomic E-state index is 0.0208. The van der Waals surface area contributed by atoms with Gasteiger partial charge in [-0.3, -0.25) is 19.9 Å². The molecule has 4 aromatic heterocycles. The number of fused-ring (bicyclic) bond motifs is 2. The molecule has 6 aromatic rings. The molecule has 8 nitrogen and oxygen atoms in total. The van der Waals surface area contributed by atoms with E-state index in [1.54, 1.807) is 36.8 Å². The third-order valence-corrected chi connectivity index (χ3v) is 6.43. The molecule has 3 N–H and O–H groups in total. The molecule has 0 bridgehead atoms. The van der Waals surface area contributed by atoms with Crippen molar-refractivity contribution in [2.75, 3.05) is 5.32 Å². The van der Waals surface area contributed by atoms with Gasteiger partial charge >= 0.3 is 0 Å². The predicted octanol–water partition coefficient (Wildman–Crippen LogP) is 6.50. The van der Waals surface area contributed by atoms with Crippen LogP contribution in [0.1, 0.15) is 26.2 Å². The summed E-state index contributed by atoms with van der Waals surface area (Å²) in [6.45, 7) is 2.06. The van der Waals surface area contributed by atoms with E-state index in [4.69, 9.17) is 4.98 Å². The van der Waals surface area contributed by atoms with Gasteiger partial charge in [-0.25, -0.2) is 9.37 Å². The summed E-state index contributed by atoms with van der Waals surface area (Å²) in [6.07, 6.45) is 7.33. The van der Waals surface area contributed by atoms with Gasteiger partial charge < -0.3 is 10.3 Å².